The molecule has 2 aliphatic heterocycles. The summed E-state index contributed by atoms with van der Waals surface area (Å²) in [5.41, 5.74) is 1.11. The summed E-state index contributed by atoms with van der Waals surface area (Å²) in [6.07, 6.45) is 1.12. The zero-order chi connectivity index (χ0) is 21.1. The molecule has 2 aromatic rings. The maximum absolute atomic E-state index is 13.7. The molecule has 0 bridgehead atoms. The fourth-order valence-electron chi connectivity index (χ4n) is 4.61. The molecular weight excluding hydrogens is 380 g/mol. The summed E-state index contributed by atoms with van der Waals surface area (Å²) in [6, 6.07) is 11.8. The predicted molar refractivity (Wildman–Crippen MR) is 114 cm³/mol. The molecule has 7 nitrogen and oxygen atoms in total. The predicted octanol–water partition coefficient (Wildman–Crippen LogP) is 2.29. The number of piperazine rings is 1. The van der Waals surface area contributed by atoms with Gasteiger partial charge in [-0.2, -0.15) is 0 Å². The lowest BCUT2D eigenvalue weighted by Gasteiger charge is -2.39. The number of rotatable bonds is 5. The molecule has 0 saturated carbocycles. The molecule has 2 aliphatic rings. The van der Waals surface area contributed by atoms with E-state index in [4.69, 9.17) is 4.52 Å². The van der Waals surface area contributed by atoms with Crippen molar-refractivity contribution >= 4 is 11.8 Å². The van der Waals surface area contributed by atoms with Crippen molar-refractivity contribution in [1.29, 1.82) is 0 Å². The van der Waals surface area contributed by atoms with Gasteiger partial charge in [0.15, 0.2) is 0 Å². The first-order valence-electron chi connectivity index (χ1n) is 10.8. The van der Waals surface area contributed by atoms with E-state index in [1.807, 2.05) is 41.3 Å². The summed E-state index contributed by atoms with van der Waals surface area (Å²) in [6.45, 7) is 9.04. The van der Waals surface area contributed by atoms with Crippen LogP contribution in [0.2, 0.25) is 0 Å². The van der Waals surface area contributed by atoms with Gasteiger partial charge in [0.2, 0.25) is 11.8 Å². The van der Waals surface area contributed by atoms with Crippen molar-refractivity contribution in [3.63, 3.8) is 0 Å². The number of hydrogen-bond donors (Lipinski definition) is 0. The van der Waals surface area contributed by atoms with Crippen LogP contribution in [0.1, 0.15) is 26.0 Å². The van der Waals surface area contributed by atoms with Gasteiger partial charge >= 0.3 is 0 Å². The molecule has 4 rings (SSSR count). The van der Waals surface area contributed by atoms with Crippen LogP contribution in [-0.4, -0.2) is 77.5 Å². The van der Waals surface area contributed by atoms with Crippen LogP contribution in [0.15, 0.2) is 40.9 Å². The number of aromatic nitrogens is 1. The number of benzene rings is 1. The van der Waals surface area contributed by atoms with Gasteiger partial charge in [-0.1, -0.05) is 42.4 Å². The van der Waals surface area contributed by atoms with Gasteiger partial charge in [-0.25, -0.2) is 0 Å². The Labute approximate surface area is 177 Å². The molecule has 1 aromatic heterocycles. The molecule has 30 heavy (non-hydrogen) atoms. The highest BCUT2D eigenvalue weighted by molar-refractivity contribution is 5.85. The first-order chi connectivity index (χ1) is 14.5. The molecule has 2 fully saturated rings. The lowest BCUT2D eigenvalue weighted by atomic mass is 9.80. The van der Waals surface area contributed by atoms with Crippen molar-refractivity contribution in [2.75, 3.05) is 45.8 Å². The minimum absolute atomic E-state index is 0.0167. The summed E-state index contributed by atoms with van der Waals surface area (Å²) in [7, 11) is 0. The van der Waals surface area contributed by atoms with E-state index < -0.39 is 5.41 Å². The smallest absolute Gasteiger partial charge is 0.231 e. The molecular formula is C23H30N4O3. The van der Waals surface area contributed by atoms with Crippen LogP contribution < -0.4 is 0 Å². The van der Waals surface area contributed by atoms with Crippen molar-refractivity contribution in [3.05, 3.63) is 42.2 Å². The van der Waals surface area contributed by atoms with Gasteiger partial charge < -0.3 is 19.2 Å². The van der Waals surface area contributed by atoms with Crippen LogP contribution in [0.25, 0.3) is 11.3 Å². The second kappa shape index (κ2) is 8.60. The van der Waals surface area contributed by atoms with Gasteiger partial charge in [-0.15, -0.1) is 0 Å². The topological polar surface area (TPSA) is 69.9 Å². The van der Waals surface area contributed by atoms with E-state index in [-0.39, 0.29) is 11.8 Å². The van der Waals surface area contributed by atoms with Gasteiger partial charge in [0, 0.05) is 64.2 Å². The molecule has 160 valence electrons. The summed E-state index contributed by atoms with van der Waals surface area (Å²) < 4.78 is 5.64. The van der Waals surface area contributed by atoms with Crippen LogP contribution in [-0.2, 0) is 16.0 Å². The van der Waals surface area contributed by atoms with E-state index in [9.17, 15) is 9.59 Å². The van der Waals surface area contributed by atoms with Crippen molar-refractivity contribution in [1.82, 2.24) is 19.9 Å². The van der Waals surface area contributed by atoms with Crippen LogP contribution in [0.5, 0.6) is 0 Å². The Bertz CT molecular complexity index is 889. The van der Waals surface area contributed by atoms with Gasteiger partial charge in [-0.05, 0) is 13.0 Å². The van der Waals surface area contributed by atoms with Crippen LogP contribution in [0, 0.1) is 5.41 Å². The third-order valence-electron chi connectivity index (χ3n) is 6.50. The fraction of sp³-hybridized carbons (Fsp3) is 0.522. The molecule has 0 aliphatic carbocycles. The van der Waals surface area contributed by atoms with Crippen molar-refractivity contribution in [2.24, 2.45) is 5.41 Å². The van der Waals surface area contributed by atoms with Gasteiger partial charge in [0.1, 0.15) is 11.5 Å². The van der Waals surface area contributed by atoms with Crippen molar-refractivity contribution in [3.8, 4) is 11.3 Å². The summed E-state index contributed by atoms with van der Waals surface area (Å²) in [5.74, 6) is 0.850. The zero-order valence-electron chi connectivity index (χ0n) is 17.8. The van der Waals surface area contributed by atoms with Crippen LogP contribution in [0.3, 0.4) is 0 Å². The Hall–Kier alpha value is -2.67. The molecule has 0 radical (unpaired) electrons. The second-order valence-corrected chi connectivity index (χ2v) is 8.42. The number of likely N-dealkylation sites (tertiary alicyclic amines) is 1. The zero-order valence-corrected chi connectivity index (χ0v) is 17.8. The summed E-state index contributed by atoms with van der Waals surface area (Å²) in [4.78, 5) is 31.8. The van der Waals surface area contributed by atoms with Crippen LogP contribution >= 0.6 is 0 Å². The maximum atomic E-state index is 13.7. The highest BCUT2D eigenvalue weighted by atomic mass is 16.5. The average Bonchev–Trinajstić information content (AvgIpc) is 3.42. The number of likely N-dealkylation sites (N-methyl/N-ethyl adjacent to an activating group) is 1. The van der Waals surface area contributed by atoms with Gasteiger partial charge in [0.05, 0.1) is 5.41 Å². The van der Waals surface area contributed by atoms with Gasteiger partial charge in [-0.3, -0.25) is 9.59 Å². The van der Waals surface area contributed by atoms with Gasteiger partial charge in [0.25, 0.3) is 0 Å². The molecule has 0 N–H and O–H groups in total. The number of amides is 2. The standard InChI is InChI=1S/C23H30N4O3/c1-3-25-11-13-26(14-12-25)22(29)23(9-10-27(17-23)18(2)28)16-20-15-21(24-30-20)19-7-5-4-6-8-19/h4-8,15H,3,9-14,16-17H2,1-2H3/t23-/m1/s1. The Morgan fingerprint density at radius 3 is 2.43 bits per heavy atom. The van der Waals surface area contributed by atoms with E-state index in [0.29, 0.717) is 31.7 Å². The SMILES string of the molecule is CCN1CCN(C(=O)[C@@]2(Cc3cc(-c4ccccc4)no3)CCN(C(C)=O)C2)CC1. The third-order valence-corrected chi connectivity index (χ3v) is 6.50. The van der Waals surface area contributed by atoms with Crippen molar-refractivity contribution < 1.29 is 14.1 Å². The minimum atomic E-state index is -0.645. The van der Waals surface area contributed by atoms with E-state index in [1.165, 1.54) is 0 Å². The fourth-order valence-corrected chi connectivity index (χ4v) is 4.61. The highest BCUT2D eigenvalue weighted by Gasteiger charge is 2.48. The van der Waals surface area contributed by atoms with Crippen molar-refractivity contribution in [2.45, 2.75) is 26.7 Å². The highest BCUT2D eigenvalue weighted by Crippen LogP contribution is 2.37. The Morgan fingerprint density at radius 1 is 1.07 bits per heavy atom. The largest absolute Gasteiger partial charge is 0.361 e. The molecule has 1 atom stereocenters. The summed E-state index contributed by atoms with van der Waals surface area (Å²) >= 11 is 0. The minimum Gasteiger partial charge on any atom is -0.361 e. The maximum Gasteiger partial charge on any atom is 0.231 e. The second-order valence-electron chi connectivity index (χ2n) is 8.42. The normalized spacial score (nSPS) is 22.5. The lowest BCUT2D eigenvalue weighted by molar-refractivity contribution is -0.144. The lowest BCUT2D eigenvalue weighted by Crippen LogP contribution is -2.54. The van der Waals surface area contributed by atoms with Crippen LogP contribution in [0.4, 0.5) is 0 Å². The Balaban J connectivity index is 1.55. The molecule has 2 saturated heterocycles. The molecule has 7 heteroatoms. The first-order valence-corrected chi connectivity index (χ1v) is 10.8. The molecule has 0 unspecified atom stereocenters. The quantitative estimate of drug-likeness (QED) is 0.756. The van der Waals surface area contributed by atoms with E-state index in [2.05, 4.69) is 17.0 Å². The third kappa shape index (κ3) is 4.12. The van der Waals surface area contributed by atoms with E-state index in [0.717, 1.165) is 44.0 Å². The summed E-state index contributed by atoms with van der Waals surface area (Å²) in [5, 5.41) is 4.22. The van der Waals surface area contributed by atoms with E-state index >= 15 is 0 Å². The Morgan fingerprint density at radius 2 is 1.80 bits per heavy atom. The molecule has 2 amide bonds. The molecule has 3 heterocycles. The average molecular weight is 411 g/mol. The number of carbonyl (C=O) groups is 2. The van der Waals surface area contributed by atoms with E-state index in [1.54, 1.807) is 11.8 Å². The first kappa shape index (κ1) is 20.6. The number of nitrogens with zero attached hydrogens (tertiary/aromatic N) is 4. The molecule has 1 aromatic carbocycles. The molecule has 0 spiro atoms. The number of hydrogen-bond acceptors (Lipinski definition) is 5. The number of carbonyl (C=O) groups excluding carboxylic acids is 2. The monoisotopic (exact) mass is 410 g/mol. The Kier molecular flexibility index (Phi) is 5.90.